The third-order valence-corrected chi connectivity index (χ3v) is 3.31. The monoisotopic (exact) mass is 244 g/mol. The summed E-state index contributed by atoms with van der Waals surface area (Å²) in [4.78, 5) is 6.60. The first-order chi connectivity index (χ1) is 8.56. The molecule has 4 nitrogen and oxygen atoms in total. The van der Waals surface area contributed by atoms with Crippen LogP contribution in [0.3, 0.4) is 0 Å². The largest absolute Gasteiger partial charge is 0.383 e. The highest BCUT2D eigenvalue weighted by molar-refractivity contribution is 5.97. The van der Waals surface area contributed by atoms with E-state index in [-0.39, 0.29) is 6.04 Å². The van der Waals surface area contributed by atoms with Crippen molar-refractivity contribution < 1.29 is 0 Å². The Morgan fingerprint density at radius 1 is 1.39 bits per heavy atom. The van der Waals surface area contributed by atoms with Gasteiger partial charge in [-0.1, -0.05) is 29.8 Å². The molecule has 1 unspecified atom stereocenters. The molecule has 3 N–H and O–H groups in total. The van der Waals surface area contributed by atoms with Crippen LogP contribution in [0.15, 0.2) is 29.3 Å². The van der Waals surface area contributed by atoms with Crippen molar-refractivity contribution in [2.24, 2.45) is 10.7 Å². The summed E-state index contributed by atoms with van der Waals surface area (Å²) in [6.45, 7) is 5.58. The van der Waals surface area contributed by atoms with Gasteiger partial charge in [-0.05, 0) is 20.3 Å². The van der Waals surface area contributed by atoms with Crippen LogP contribution in [0.2, 0.25) is 0 Å². The van der Waals surface area contributed by atoms with Crippen molar-refractivity contribution in [3.8, 4) is 0 Å². The molecule has 0 aliphatic carbocycles. The summed E-state index contributed by atoms with van der Waals surface area (Å²) in [6, 6.07) is 8.30. The molecule has 0 saturated carbocycles. The van der Waals surface area contributed by atoms with E-state index in [2.05, 4.69) is 11.9 Å². The van der Waals surface area contributed by atoms with E-state index >= 15 is 0 Å². The third-order valence-electron chi connectivity index (χ3n) is 3.31. The number of hydrogen-bond acceptors (Lipinski definition) is 2. The van der Waals surface area contributed by atoms with Crippen molar-refractivity contribution in [2.75, 3.05) is 13.1 Å². The van der Waals surface area contributed by atoms with Crippen LogP contribution >= 0.6 is 0 Å². The van der Waals surface area contributed by atoms with E-state index < -0.39 is 0 Å². The number of benzene rings is 1. The molecule has 1 aromatic rings. The van der Waals surface area contributed by atoms with Gasteiger partial charge in [-0.3, -0.25) is 10.4 Å². The first-order valence-corrected chi connectivity index (χ1v) is 6.26. The zero-order chi connectivity index (χ0) is 13.1. The van der Waals surface area contributed by atoms with Gasteiger partial charge in [-0.15, -0.1) is 0 Å². The molecule has 2 rings (SSSR count). The summed E-state index contributed by atoms with van der Waals surface area (Å²) in [5.41, 5.74) is 8.22. The lowest BCUT2D eigenvalue weighted by Crippen LogP contribution is -2.27. The van der Waals surface area contributed by atoms with Crippen molar-refractivity contribution in [2.45, 2.75) is 26.3 Å². The van der Waals surface area contributed by atoms with Crippen LogP contribution in [-0.2, 0) is 0 Å². The molecular formula is C14H20N4. The maximum Gasteiger partial charge on any atom is 0.125 e. The molecule has 18 heavy (non-hydrogen) atoms. The molecule has 1 fully saturated rings. The fourth-order valence-corrected chi connectivity index (χ4v) is 2.15. The van der Waals surface area contributed by atoms with Crippen LogP contribution in [0, 0.1) is 12.3 Å². The van der Waals surface area contributed by atoms with Gasteiger partial charge >= 0.3 is 0 Å². The standard InChI is InChI=1S/C14H20N4/c1-10-3-5-12(6-4-10)14(16)17-13-7-8-18(9-13)11(2)15/h3-6,13,15H,7-9H2,1-2H3,(H2,16,17). The Morgan fingerprint density at radius 3 is 2.61 bits per heavy atom. The van der Waals surface area contributed by atoms with Crippen LogP contribution in [0.5, 0.6) is 0 Å². The fraction of sp³-hybridized carbons (Fsp3) is 0.429. The molecule has 1 heterocycles. The molecular weight excluding hydrogens is 224 g/mol. The lowest BCUT2D eigenvalue weighted by Gasteiger charge is -2.15. The molecule has 1 atom stereocenters. The molecule has 1 aromatic carbocycles. The lowest BCUT2D eigenvalue weighted by atomic mass is 10.1. The molecule has 0 radical (unpaired) electrons. The number of nitrogens with one attached hydrogen (secondary N) is 1. The average molecular weight is 244 g/mol. The van der Waals surface area contributed by atoms with Gasteiger partial charge in [0.05, 0.1) is 11.9 Å². The minimum Gasteiger partial charge on any atom is -0.383 e. The van der Waals surface area contributed by atoms with Crippen molar-refractivity contribution in [3.63, 3.8) is 0 Å². The van der Waals surface area contributed by atoms with E-state index in [1.165, 1.54) is 5.56 Å². The van der Waals surface area contributed by atoms with E-state index in [1.807, 2.05) is 36.1 Å². The van der Waals surface area contributed by atoms with Gasteiger partial charge in [-0.2, -0.15) is 0 Å². The lowest BCUT2D eigenvalue weighted by molar-refractivity contribution is 0.503. The summed E-state index contributed by atoms with van der Waals surface area (Å²) >= 11 is 0. The Kier molecular flexibility index (Phi) is 3.65. The summed E-state index contributed by atoms with van der Waals surface area (Å²) < 4.78 is 0. The number of amidine groups is 2. The Balaban J connectivity index is 2.05. The van der Waals surface area contributed by atoms with Crippen molar-refractivity contribution in [1.82, 2.24) is 4.90 Å². The Bertz CT molecular complexity index is 461. The van der Waals surface area contributed by atoms with E-state index in [0.717, 1.165) is 25.1 Å². The molecule has 1 saturated heterocycles. The molecule has 0 spiro atoms. The highest BCUT2D eigenvalue weighted by atomic mass is 15.2. The normalized spacial score (nSPS) is 20.2. The van der Waals surface area contributed by atoms with Crippen molar-refractivity contribution >= 4 is 11.7 Å². The van der Waals surface area contributed by atoms with Crippen LogP contribution in [0.25, 0.3) is 0 Å². The van der Waals surface area contributed by atoms with Crippen LogP contribution in [0.1, 0.15) is 24.5 Å². The molecule has 4 heteroatoms. The summed E-state index contributed by atoms with van der Waals surface area (Å²) in [5.74, 6) is 1.21. The number of aryl methyl sites for hydroxylation is 1. The number of hydrogen-bond donors (Lipinski definition) is 2. The van der Waals surface area contributed by atoms with E-state index in [1.54, 1.807) is 0 Å². The van der Waals surface area contributed by atoms with Crippen LogP contribution in [0.4, 0.5) is 0 Å². The summed E-state index contributed by atoms with van der Waals surface area (Å²) in [6.07, 6.45) is 0.975. The second-order valence-electron chi connectivity index (χ2n) is 4.85. The second-order valence-corrected chi connectivity index (χ2v) is 4.85. The smallest absolute Gasteiger partial charge is 0.125 e. The van der Waals surface area contributed by atoms with Crippen molar-refractivity contribution in [3.05, 3.63) is 35.4 Å². The van der Waals surface area contributed by atoms with Gasteiger partial charge in [-0.25, -0.2) is 0 Å². The molecule has 1 aliphatic heterocycles. The SMILES string of the molecule is CC(=N)N1CCC(N=C(N)c2ccc(C)cc2)C1. The average Bonchev–Trinajstić information content (AvgIpc) is 2.78. The minimum atomic E-state index is 0.214. The number of rotatable bonds is 2. The summed E-state index contributed by atoms with van der Waals surface area (Å²) in [5, 5.41) is 7.60. The molecule has 0 aromatic heterocycles. The zero-order valence-electron chi connectivity index (χ0n) is 11.0. The Labute approximate surface area is 108 Å². The quantitative estimate of drug-likeness (QED) is 0.615. The molecule has 96 valence electrons. The second kappa shape index (κ2) is 5.21. The number of likely N-dealkylation sites (tertiary alicyclic amines) is 1. The molecule has 0 bridgehead atoms. The van der Waals surface area contributed by atoms with E-state index in [4.69, 9.17) is 11.1 Å². The zero-order valence-corrected chi connectivity index (χ0v) is 11.0. The van der Waals surface area contributed by atoms with Gasteiger partial charge in [0, 0.05) is 18.7 Å². The molecule has 1 aliphatic rings. The highest BCUT2D eigenvalue weighted by Gasteiger charge is 2.22. The van der Waals surface area contributed by atoms with E-state index in [9.17, 15) is 0 Å². The minimum absolute atomic E-state index is 0.214. The first-order valence-electron chi connectivity index (χ1n) is 6.26. The van der Waals surface area contributed by atoms with Gasteiger partial charge in [0.25, 0.3) is 0 Å². The van der Waals surface area contributed by atoms with Gasteiger partial charge in [0.1, 0.15) is 5.84 Å². The maximum absolute atomic E-state index is 7.60. The highest BCUT2D eigenvalue weighted by Crippen LogP contribution is 2.13. The van der Waals surface area contributed by atoms with Gasteiger partial charge < -0.3 is 10.6 Å². The topological polar surface area (TPSA) is 65.5 Å². The fourth-order valence-electron chi connectivity index (χ4n) is 2.15. The molecule has 0 amide bonds. The third kappa shape index (κ3) is 2.88. The Hall–Kier alpha value is -1.84. The van der Waals surface area contributed by atoms with Gasteiger partial charge in [0.2, 0.25) is 0 Å². The van der Waals surface area contributed by atoms with Gasteiger partial charge in [0.15, 0.2) is 0 Å². The Morgan fingerprint density at radius 2 is 2.06 bits per heavy atom. The summed E-state index contributed by atoms with van der Waals surface area (Å²) in [7, 11) is 0. The van der Waals surface area contributed by atoms with E-state index in [0.29, 0.717) is 11.7 Å². The van der Waals surface area contributed by atoms with Crippen LogP contribution < -0.4 is 5.73 Å². The van der Waals surface area contributed by atoms with Crippen LogP contribution in [-0.4, -0.2) is 35.7 Å². The predicted octanol–water partition coefficient (Wildman–Crippen LogP) is 1.77. The predicted molar refractivity (Wildman–Crippen MR) is 75.3 cm³/mol. The number of nitrogens with two attached hydrogens (primary N) is 1. The number of aliphatic imine (C=N–C) groups is 1. The maximum atomic E-state index is 7.60. The first kappa shape index (κ1) is 12.6. The number of nitrogens with zero attached hydrogens (tertiary/aromatic N) is 2. The van der Waals surface area contributed by atoms with Crippen molar-refractivity contribution in [1.29, 1.82) is 5.41 Å².